The van der Waals surface area contributed by atoms with Gasteiger partial charge < -0.3 is 23.4 Å². The van der Waals surface area contributed by atoms with Crippen molar-refractivity contribution < 1.29 is 28.2 Å². The minimum Gasteiger partial charge on any atom is -0.497 e. The summed E-state index contributed by atoms with van der Waals surface area (Å²) < 4.78 is 27.3. The van der Waals surface area contributed by atoms with Gasteiger partial charge >= 0.3 is 6.08 Å². The summed E-state index contributed by atoms with van der Waals surface area (Å²) >= 11 is 0. The van der Waals surface area contributed by atoms with Crippen molar-refractivity contribution in [2.75, 3.05) is 14.2 Å². The number of methoxy groups -OCH3 is 2. The van der Waals surface area contributed by atoms with Gasteiger partial charge in [0.2, 0.25) is 0 Å². The Morgan fingerprint density at radius 1 is 0.857 bits per heavy atom. The molecule has 1 aromatic heterocycles. The van der Waals surface area contributed by atoms with Crippen LogP contribution in [0.1, 0.15) is 27.4 Å². The average Bonchev–Trinajstić information content (AvgIpc) is 3.38. The Balaban J connectivity index is 1.34. The van der Waals surface area contributed by atoms with Crippen molar-refractivity contribution in [2.45, 2.75) is 13.2 Å². The first-order valence-electron chi connectivity index (χ1n) is 10.8. The number of hydrogen-bond acceptors (Lipinski definition) is 8. The summed E-state index contributed by atoms with van der Waals surface area (Å²) in [6.07, 6.45) is 3.29. The van der Waals surface area contributed by atoms with E-state index in [0.717, 1.165) is 11.1 Å². The van der Waals surface area contributed by atoms with Gasteiger partial charge in [0.25, 0.3) is 5.89 Å². The monoisotopic (exact) mass is 472 g/mol. The molecule has 8 heteroatoms. The first kappa shape index (κ1) is 23.6. The van der Waals surface area contributed by atoms with Gasteiger partial charge in [0.15, 0.2) is 23.9 Å². The van der Waals surface area contributed by atoms with Gasteiger partial charge in [-0.15, -0.1) is 5.10 Å². The number of aromatic nitrogens is 2. The van der Waals surface area contributed by atoms with Crippen LogP contribution in [0, 0.1) is 0 Å². The molecule has 4 rings (SSSR count). The minimum absolute atomic E-state index is 0.0448. The second-order valence-electron chi connectivity index (χ2n) is 7.36. The van der Waals surface area contributed by atoms with Crippen LogP contribution >= 0.6 is 0 Å². The molecule has 0 spiro atoms. The van der Waals surface area contributed by atoms with Crippen molar-refractivity contribution in [1.29, 1.82) is 0 Å². The topological polar surface area (TPSA) is 92.9 Å². The summed E-state index contributed by atoms with van der Waals surface area (Å²) in [5.74, 6) is 1.85. The second-order valence-corrected chi connectivity index (χ2v) is 7.36. The number of rotatable bonds is 11. The van der Waals surface area contributed by atoms with Crippen LogP contribution in [0.3, 0.4) is 0 Å². The van der Waals surface area contributed by atoms with E-state index in [0.29, 0.717) is 29.4 Å². The summed E-state index contributed by atoms with van der Waals surface area (Å²) in [7, 11) is 3.12. The van der Waals surface area contributed by atoms with Crippen LogP contribution < -0.4 is 18.9 Å². The van der Waals surface area contributed by atoms with Crippen molar-refractivity contribution in [2.24, 2.45) is 0 Å². The van der Waals surface area contributed by atoms with E-state index in [-0.39, 0.29) is 24.4 Å². The molecular formula is C27H24N2O6. The fraction of sp³-hybridized carbons (Fsp3) is 0.148. The third-order valence-electron chi connectivity index (χ3n) is 4.99. The molecule has 0 bridgehead atoms. The normalized spacial score (nSPS) is 10.8. The van der Waals surface area contributed by atoms with Gasteiger partial charge in [-0.3, -0.25) is 4.79 Å². The zero-order valence-corrected chi connectivity index (χ0v) is 19.3. The highest BCUT2D eigenvalue weighted by atomic mass is 16.6. The molecular weight excluding hydrogens is 448 g/mol. The molecule has 0 N–H and O–H groups in total. The number of ether oxygens (including phenoxy) is 4. The highest BCUT2D eigenvalue weighted by molar-refractivity contribution is 6.06. The lowest BCUT2D eigenvalue weighted by atomic mass is 10.1. The minimum atomic E-state index is -0.117. The molecule has 0 amide bonds. The van der Waals surface area contributed by atoms with Crippen molar-refractivity contribution in [3.8, 4) is 23.3 Å². The molecule has 178 valence electrons. The molecule has 35 heavy (non-hydrogen) atoms. The van der Waals surface area contributed by atoms with Gasteiger partial charge in [0.1, 0.15) is 12.4 Å². The molecule has 0 fully saturated rings. The molecule has 0 atom stereocenters. The summed E-state index contributed by atoms with van der Waals surface area (Å²) in [6, 6.07) is 22.0. The van der Waals surface area contributed by atoms with Crippen molar-refractivity contribution in [3.05, 3.63) is 101 Å². The molecule has 1 heterocycles. The average molecular weight is 472 g/mol. The van der Waals surface area contributed by atoms with Crippen LogP contribution in [0.5, 0.6) is 23.3 Å². The predicted octanol–water partition coefficient (Wildman–Crippen LogP) is 5.14. The molecule has 0 saturated heterocycles. The number of hydrogen-bond donors (Lipinski definition) is 0. The van der Waals surface area contributed by atoms with Crippen LogP contribution in [0.4, 0.5) is 0 Å². The first-order chi connectivity index (χ1) is 17.1. The lowest BCUT2D eigenvalue weighted by Crippen LogP contribution is -1.98. The van der Waals surface area contributed by atoms with Gasteiger partial charge in [-0.2, -0.15) is 0 Å². The highest BCUT2D eigenvalue weighted by Crippen LogP contribution is 2.29. The number of nitrogens with zero attached hydrogens (tertiary/aromatic N) is 2. The number of allylic oxidation sites excluding steroid dienone is 1. The zero-order chi connectivity index (χ0) is 24.5. The molecule has 0 aliphatic carbocycles. The highest BCUT2D eigenvalue weighted by Gasteiger charge is 2.11. The van der Waals surface area contributed by atoms with Gasteiger partial charge in [0.05, 0.1) is 14.2 Å². The van der Waals surface area contributed by atoms with Crippen molar-refractivity contribution in [3.63, 3.8) is 0 Å². The Morgan fingerprint density at radius 3 is 2.40 bits per heavy atom. The Labute approximate surface area is 202 Å². The van der Waals surface area contributed by atoms with E-state index in [1.165, 1.54) is 6.08 Å². The third-order valence-corrected chi connectivity index (χ3v) is 4.99. The smallest absolute Gasteiger partial charge is 0.415 e. The van der Waals surface area contributed by atoms with Crippen LogP contribution in [0.15, 0.2) is 83.3 Å². The number of ketones is 1. The molecule has 0 saturated carbocycles. The van der Waals surface area contributed by atoms with Crippen LogP contribution in [-0.4, -0.2) is 30.2 Å². The fourth-order valence-corrected chi connectivity index (χ4v) is 3.14. The van der Waals surface area contributed by atoms with E-state index >= 15 is 0 Å². The van der Waals surface area contributed by atoms with E-state index in [2.05, 4.69) is 10.2 Å². The van der Waals surface area contributed by atoms with Crippen molar-refractivity contribution >= 4 is 11.9 Å². The molecule has 0 radical (unpaired) electrons. The largest absolute Gasteiger partial charge is 0.497 e. The SMILES string of the molecule is COc1ccc(C(=O)/C=C/c2ccc(OCc3nnc(OCc4ccccc4)o3)c(OC)c2)cc1. The second kappa shape index (κ2) is 11.5. The summed E-state index contributed by atoms with van der Waals surface area (Å²) in [6.45, 7) is 0.371. The molecule has 4 aromatic rings. The van der Waals surface area contributed by atoms with Crippen LogP contribution in [0.2, 0.25) is 0 Å². The number of carbonyl (C=O) groups is 1. The third kappa shape index (κ3) is 6.48. The Hall–Kier alpha value is -4.59. The number of benzene rings is 3. The molecule has 0 aliphatic heterocycles. The molecule has 3 aromatic carbocycles. The summed E-state index contributed by atoms with van der Waals surface area (Å²) in [5, 5.41) is 7.82. The van der Waals surface area contributed by atoms with E-state index in [1.54, 1.807) is 56.7 Å². The lowest BCUT2D eigenvalue weighted by Gasteiger charge is -2.10. The van der Waals surface area contributed by atoms with E-state index in [1.807, 2.05) is 36.4 Å². The van der Waals surface area contributed by atoms with Gasteiger partial charge in [-0.05, 0) is 53.6 Å². The maximum atomic E-state index is 12.4. The summed E-state index contributed by atoms with van der Waals surface area (Å²) in [5.41, 5.74) is 2.35. The van der Waals surface area contributed by atoms with Gasteiger partial charge in [-0.25, -0.2) is 0 Å². The fourth-order valence-electron chi connectivity index (χ4n) is 3.14. The standard InChI is InChI=1S/C27H24N2O6/c1-31-22-12-10-21(11-13-22)23(30)14-8-19-9-15-24(25(16-19)32-2)33-18-26-28-29-27(35-26)34-17-20-6-4-3-5-7-20/h3-16H,17-18H2,1-2H3/b14-8+. The summed E-state index contributed by atoms with van der Waals surface area (Å²) in [4.78, 5) is 12.4. The maximum Gasteiger partial charge on any atom is 0.415 e. The van der Waals surface area contributed by atoms with Crippen LogP contribution in [0.25, 0.3) is 6.08 Å². The molecule has 0 aliphatic rings. The van der Waals surface area contributed by atoms with Crippen LogP contribution in [-0.2, 0) is 13.2 Å². The zero-order valence-electron chi connectivity index (χ0n) is 19.3. The predicted molar refractivity (Wildman–Crippen MR) is 129 cm³/mol. The maximum absolute atomic E-state index is 12.4. The lowest BCUT2D eigenvalue weighted by molar-refractivity contribution is 0.104. The van der Waals surface area contributed by atoms with Gasteiger partial charge in [-0.1, -0.05) is 47.6 Å². The van der Waals surface area contributed by atoms with E-state index in [9.17, 15) is 4.79 Å². The van der Waals surface area contributed by atoms with E-state index < -0.39 is 0 Å². The molecule has 0 unspecified atom stereocenters. The molecule has 8 nitrogen and oxygen atoms in total. The van der Waals surface area contributed by atoms with Crippen molar-refractivity contribution in [1.82, 2.24) is 10.2 Å². The Bertz CT molecular complexity index is 1280. The number of carbonyl (C=O) groups excluding carboxylic acids is 1. The first-order valence-corrected chi connectivity index (χ1v) is 10.8. The Morgan fingerprint density at radius 2 is 1.66 bits per heavy atom. The quantitative estimate of drug-likeness (QED) is 0.219. The Kier molecular flexibility index (Phi) is 7.75. The van der Waals surface area contributed by atoms with Gasteiger partial charge in [0, 0.05) is 5.56 Å². The van der Waals surface area contributed by atoms with E-state index in [4.69, 9.17) is 23.4 Å².